The Morgan fingerprint density at radius 3 is 2.74 bits per heavy atom. The minimum absolute atomic E-state index is 0.155. The lowest BCUT2D eigenvalue weighted by Crippen LogP contribution is -2.29. The van der Waals surface area contributed by atoms with Crippen LogP contribution in [0.25, 0.3) is 0 Å². The number of nitrogens with zero attached hydrogens (tertiary/aromatic N) is 1. The van der Waals surface area contributed by atoms with Gasteiger partial charge in [-0.15, -0.1) is 0 Å². The zero-order valence-corrected chi connectivity index (χ0v) is 12.4. The van der Waals surface area contributed by atoms with Crippen molar-refractivity contribution in [2.24, 2.45) is 11.7 Å². The van der Waals surface area contributed by atoms with E-state index in [9.17, 15) is 4.79 Å². The van der Waals surface area contributed by atoms with Crippen molar-refractivity contribution in [3.63, 3.8) is 0 Å². The van der Waals surface area contributed by atoms with E-state index in [1.54, 1.807) is 0 Å². The highest BCUT2D eigenvalue weighted by atomic mass is 35.5. The minimum atomic E-state index is -0.198. The zero-order valence-electron chi connectivity index (χ0n) is 11.6. The molecular weight excluding hydrogens is 264 g/mol. The van der Waals surface area contributed by atoms with Crippen LogP contribution in [0.2, 0.25) is 5.02 Å². The average molecular weight is 285 g/mol. The molecule has 1 unspecified atom stereocenters. The summed E-state index contributed by atoms with van der Waals surface area (Å²) in [5.41, 5.74) is 7.60. The topological polar surface area (TPSA) is 55.6 Å². The molecule has 1 atom stereocenters. The number of halogens is 1. The Balaban J connectivity index is 2.61. The predicted octanol–water partition coefficient (Wildman–Crippen LogP) is 2.04. The van der Waals surface area contributed by atoms with Crippen LogP contribution in [0.1, 0.15) is 18.1 Å². The fraction of sp³-hybridized carbons (Fsp3) is 0.500. The molecule has 5 heteroatoms. The molecule has 4 nitrogen and oxygen atoms in total. The number of methoxy groups -OCH3 is 1. The summed E-state index contributed by atoms with van der Waals surface area (Å²) in [6, 6.07) is 5.83. The van der Waals surface area contributed by atoms with Crippen LogP contribution in [0.15, 0.2) is 18.2 Å². The van der Waals surface area contributed by atoms with Gasteiger partial charge in [-0.3, -0.25) is 4.79 Å². The molecule has 0 heterocycles. The molecule has 19 heavy (non-hydrogen) atoms. The third kappa shape index (κ3) is 4.82. The molecule has 106 valence electrons. The van der Waals surface area contributed by atoms with Gasteiger partial charge in [0.15, 0.2) is 0 Å². The molecule has 0 spiro atoms. The Bertz CT molecular complexity index is 437. The van der Waals surface area contributed by atoms with Gasteiger partial charge < -0.3 is 15.4 Å². The normalized spacial score (nSPS) is 12.5. The first-order valence-electron chi connectivity index (χ1n) is 6.21. The second-order valence-electron chi connectivity index (χ2n) is 4.75. The van der Waals surface area contributed by atoms with Crippen molar-refractivity contribution in [3.05, 3.63) is 34.3 Å². The van der Waals surface area contributed by atoms with Gasteiger partial charge in [0.25, 0.3) is 0 Å². The monoisotopic (exact) mass is 284 g/mol. The fourth-order valence-corrected chi connectivity index (χ4v) is 2.21. The van der Waals surface area contributed by atoms with Crippen molar-refractivity contribution < 1.29 is 9.53 Å². The number of esters is 1. The van der Waals surface area contributed by atoms with Crippen molar-refractivity contribution in [2.45, 2.75) is 20.0 Å². The van der Waals surface area contributed by atoms with Crippen molar-refractivity contribution in [1.29, 1.82) is 0 Å². The van der Waals surface area contributed by atoms with Crippen LogP contribution in [0.4, 0.5) is 0 Å². The molecule has 1 aromatic carbocycles. The maximum absolute atomic E-state index is 11.4. The van der Waals surface area contributed by atoms with Gasteiger partial charge in [0.1, 0.15) is 0 Å². The SMILES string of the molecule is COC(=O)C(C)CN(C)Cc1ccc(CN)cc1Cl. The Morgan fingerprint density at radius 1 is 1.53 bits per heavy atom. The highest BCUT2D eigenvalue weighted by Crippen LogP contribution is 2.19. The van der Waals surface area contributed by atoms with E-state index in [0.717, 1.165) is 11.1 Å². The maximum atomic E-state index is 11.4. The summed E-state index contributed by atoms with van der Waals surface area (Å²) < 4.78 is 4.71. The molecule has 1 rings (SSSR count). The van der Waals surface area contributed by atoms with E-state index >= 15 is 0 Å². The van der Waals surface area contributed by atoms with Crippen LogP contribution < -0.4 is 5.73 Å². The molecule has 0 aromatic heterocycles. The second kappa shape index (κ2) is 7.48. The van der Waals surface area contributed by atoms with Gasteiger partial charge in [-0.2, -0.15) is 0 Å². The Hall–Kier alpha value is -1.10. The van der Waals surface area contributed by atoms with Gasteiger partial charge in [0, 0.05) is 24.7 Å². The van der Waals surface area contributed by atoms with Gasteiger partial charge in [0.05, 0.1) is 13.0 Å². The van der Waals surface area contributed by atoms with Gasteiger partial charge in [-0.25, -0.2) is 0 Å². The molecule has 0 aliphatic carbocycles. The first kappa shape index (κ1) is 16.0. The largest absolute Gasteiger partial charge is 0.469 e. The van der Waals surface area contributed by atoms with Gasteiger partial charge in [-0.1, -0.05) is 30.7 Å². The van der Waals surface area contributed by atoms with Crippen LogP contribution in [0.5, 0.6) is 0 Å². The number of rotatable bonds is 6. The van der Waals surface area contributed by atoms with Crippen LogP contribution in [-0.4, -0.2) is 31.6 Å². The van der Waals surface area contributed by atoms with Crippen molar-refractivity contribution >= 4 is 17.6 Å². The summed E-state index contributed by atoms with van der Waals surface area (Å²) in [6.07, 6.45) is 0. The lowest BCUT2D eigenvalue weighted by Gasteiger charge is -2.20. The standard InChI is InChI=1S/C14H21ClN2O2/c1-10(14(18)19-3)8-17(2)9-12-5-4-11(7-16)6-13(12)15/h4-6,10H,7-9,16H2,1-3H3. The zero-order chi connectivity index (χ0) is 14.4. The van der Waals surface area contributed by atoms with Gasteiger partial charge >= 0.3 is 5.97 Å². The van der Waals surface area contributed by atoms with Crippen LogP contribution >= 0.6 is 11.6 Å². The van der Waals surface area contributed by atoms with Crippen molar-refractivity contribution in [2.75, 3.05) is 20.7 Å². The van der Waals surface area contributed by atoms with Gasteiger partial charge in [-0.05, 0) is 24.2 Å². The molecule has 0 saturated carbocycles. The van der Waals surface area contributed by atoms with Crippen LogP contribution in [0, 0.1) is 5.92 Å². The van der Waals surface area contributed by atoms with Crippen molar-refractivity contribution in [1.82, 2.24) is 4.90 Å². The Kier molecular flexibility index (Phi) is 6.28. The van der Waals surface area contributed by atoms with Gasteiger partial charge in [0.2, 0.25) is 0 Å². The number of benzene rings is 1. The number of hydrogen-bond acceptors (Lipinski definition) is 4. The number of hydrogen-bond donors (Lipinski definition) is 1. The van der Waals surface area contributed by atoms with E-state index in [-0.39, 0.29) is 11.9 Å². The first-order chi connectivity index (χ1) is 8.97. The molecule has 0 radical (unpaired) electrons. The molecule has 0 saturated heterocycles. The minimum Gasteiger partial charge on any atom is -0.469 e. The van der Waals surface area contributed by atoms with E-state index in [4.69, 9.17) is 22.1 Å². The Labute approximate surface area is 119 Å². The molecule has 0 bridgehead atoms. The van der Waals surface area contributed by atoms with Crippen molar-refractivity contribution in [3.8, 4) is 0 Å². The predicted molar refractivity (Wildman–Crippen MR) is 76.9 cm³/mol. The highest BCUT2D eigenvalue weighted by Gasteiger charge is 2.16. The molecule has 0 amide bonds. The highest BCUT2D eigenvalue weighted by molar-refractivity contribution is 6.31. The molecule has 0 fully saturated rings. The van der Waals surface area contributed by atoms with Crippen LogP contribution in [0.3, 0.4) is 0 Å². The number of nitrogens with two attached hydrogens (primary N) is 1. The number of ether oxygens (including phenoxy) is 1. The lowest BCUT2D eigenvalue weighted by molar-refractivity contribution is -0.145. The molecule has 2 N–H and O–H groups in total. The van der Waals surface area contributed by atoms with Crippen LogP contribution in [-0.2, 0) is 22.6 Å². The lowest BCUT2D eigenvalue weighted by atomic mass is 10.1. The molecule has 1 aromatic rings. The summed E-state index contributed by atoms with van der Waals surface area (Å²) in [4.78, 5) is 13.4. The van der Waals surface area contributed by atoms with E-state index in [1.165, 1.54) is 7.11 Å². The Morgan fingerprint density at radius 2 is 2.21 bits per heavy atom. The molecular formula is C14H21ClN2O2. The summed E-state index contributed by atoms with van der Waals surface area (Å²) in [5, 5.41) is 0.709. The summed E-state index contributed by atoms with van der Waals surface area (Å²) in [6.45, 7) is 3.64. The number of carbonyl (C=O) groups excluding carboxylic acids is 1. The third-order valence-corrected chi connectivity index (χ3v) is 3.33. The van der Waals surface area contributed by atoms with E-state index in [2.05, 4.69) is 0 Å². The molecule has 0 aliphatic heterocycles. The summed E-state index contributed by atoms with van der Waals surface area (Å²) >= 11 is 6.20. The first-order valence-corrected chi connectivity index (χ1v) is 6.59. The van der Waals surface area contributed by atoms with E-state index < -0.39 is 0 Å². The quantitative estimate of drug-likeness (QED) is 0.812. The second-order valence-corrected chi connectivity index (χ2v) is 5.16. The average Bonchev–Trinajstić information content (AvgIpc) is 2.39. The third-order valence-electron chi connectivity index (χ3n) is 2.98. The van der Waals surface area contributed by atoms with E-state index in [1.807, 2.05) is 37.1 Å². The fourth-order valence-electron chi connectivity index (χ4n) is 1.94. The summed E-state index contributed by atoms with van der Waals surface area (Å²) in [5.74, 6) is -0.353. The number of carbonyl (C=O) groups is 1. The van der Waals surface area contributed by atoms with E-state index in [0.29, 0.717) is 24.7 Å². The molecule has 0 aliphatic rings. The summed E-state index contributed by atoms with van der Waals surface area (Å²) in [7, 11) is 3.36. The maximum Gasteiger partial charge on any atom is 0.309 e. The smallest absolute Gasteiger partial charge is 0.309 e.